The van der Waals surface area contributed by atoms with Crippen LogP contribution >= 0.6 is 0 Å². The molecule has 0 aromatic heterocycles. The van der Waals surface area contributed by atoms with Crippen molar-refractivity contribution < 1.29 is 19.4 Å². The Balaban J connectivity index is 1.99. The fraction of sp³-hybridized carbons (Fsp3) is 0.308. The second kappa shape index (κ2) is 3.13. The Morgan fingerprint density at radius 1 is 1.39 bits per heavy atom. The zero-order valence-corrected chi connectivity index (χ0v) is 9.45. The average molecular weight is 245 g/mol. The number of nitrogens with zero attached hydrogens (tertiary/aromatic N) is 1. The molecule has 1 spiro atoms. The number of carbonyl (C=O) groups is 1. The fourth-order valence-corrected chi connectivity index (χ4v) is 2.81. The number of rotatable bonds is 0. The molecule has 1 saturated heterocycles. The first-order valence-electron chi connectivity index (χ1n) is 5.82. The highest BCUT2D eigenvalue weighted by atomic mass is 16.6. The molecule has 1 aromatic carbocycles. The second-order valence-electron chi connectivity index (χ2n) is 4.68. The standard InChI is InChI=1S/C13H11NO4/c15-11-8-3-1-2-4-9(8)14-12(16)17-7-13(14)6-5-10(11)18-13/h1-6,10-11,15H,7H2/t10-,11+,13-/m0/s1. The van der Waals surface area contributed by atoms with E-state index in [1.54, 1.807) is 24.3 Å². The molecule has 3 heterocycles. The van der Waals surface area contributed by atoms with Gasteiger partial charge in [0.15, 0.2) is 0 Å². The van der Waals surface area contributed by atoms with Crippen LogP contribution in [0, 0.1) is 0 Å². The monoisotopic (exact) mass is 245 g/mol. The Morgan fingerprint density at radius 3 is 3.11 bits per heavy atom. The summed E-state index contributed by atoms with van der Waals surface area (Å²) in [6.45, 7) is 0.153. The number of para-hydroxylation sites is 1. The molecular weight excluding hydrogens is 234 g/mol. The number of amides is 1. The number of ether oxygens (including phenoxy) is 2. The molecule has 5 nitrogen and oxygen atoms in total. The third kappa shape index (κ3) is 1.06. The highest BCUT2D eigenvalue weighted by Crippen LogP contribution is 2.46. The van der Waals surface area contributed by atoms with Gasteiger partial charge in [-0.3, -0.25) is 0 Å². The van der Waals surface area contributed by atoms with Crippen LogP contribution < -0.4 is 4.90 Å². The second-order valence-corrected chi connectivity index (χ2v) is 4.68. The van der Waals surface area contributed by atoms with Gasteiger partial charge in [-0.05, 0) is 12.1 Å². The number of anilines is 1. The summed E-state index contributed by atoms with van der Waals surface area (Å²) in [6, 6.07) is 7.26. The molecule has 1 amide bonds. The van der Waals surface area contributed by atoms with Gasteiger partial charge in [0.05, 0.1) is 5.69 Å². The predicted octanol–water partition coefficient (Wildman–Crippen LogP) is 1.34. The lowest BCUT2D eigenvalue weighted by molar-refractivity contribution is -0.0697. The summed E-state index contributed by atoms with van der Waals surface area (Å²) in [7, 11) is 0. The lowest BCUT2D eigenvalue weighted by Gasteiger charge is -2.28. The third-order valence-electron chi connectivity index (χ3n) is 3.66. The van der Waals surface area contributed by atoms with Gasteiger partial charge in [-0.25, -0.2) is 9.69 Å². The molecule has 1 fully saturated rings. The molecular formula is C13H11NO4. The molecule has 2 bridgehead atoms. The summed E-state index contributed by atoms with van der Waals surface area (Å²) < 4.78 is 10.9. The van der Waals surface area contributed by atoms with Crippen LogP contribution in [0.2, 0.25) is 0 Å². The van der Waals surface area contributed by atoms with Crippen molar-refractivity contribution in [2.24, 2.45) is 0 Å². The molecule has 3 aliphatic heterocycles. The molecule has 0 unspecified atom stereocenters. The SMILES string of the molecule is O=C1OC[C@]23C=C[C@H](O2)[C@H](O)c2ccccc2N13. The first-order chi connectivity index (χ1) is 8.71. The van der Waals surface area contributed by atoms with Crippen LogP contribution in [0.4, 0.5) is 10.5 Å². The topological polar surface area (TPSA) is 59.0 Å². The van der Waals surface area contributed by atoms with Gasteiger partial charge in [0.1, 0.15) is 18.8 Å². The third-order valence-corrected chi connectivity index (χ3v) is 3.66. The predicted molar refractivity (Wildman–Crippen MR) is 62.0 cm³/mol. The minimum absolute atomic E-state index is 0.153. The van der Waals surface area contributed by atoms with E-state index in [1.165, 1.54) is 4.90 Å². The summed E-state index contributed by atoms with van der Waals surface area (Å²) in [5, 5.41) is 10.3. The number of fused-ring (bicyclic) bond motifs is 3. The van der Waals surface area contributed by atoms with Crippen molar-refractivity contribution in [3.63, 3.8) is 0 Å². The maximum Gasteiger partial charge on any atom is 0.417 e. The summed E-state index contributed by atoms with van der Waals surface area (Å²) in [5.74, 6) is 0. The zero-order valence-electron chi connectivity index (χ0n) is 9.45. The number of aliphatic hydroxyl groups is 1. The molecule has 3 aliphatic rings. The van der Waals surface area contributed by atoms with E-state index < -0.39 is 24.0 Å². The summed E-state index contributed by atoms with van der Waals surface area (Å²) in [5.41, 5.74) is 0.446. The van der Waals surface area contributed by atoms with Crippen LogP contribution in [0.5, 0.6) is 0 Å². The van der Waals surface area contributed by atoms with Crippen molar-refractivity contribution in [2.75, 3.05) is 11.5 Å². The van der Waals surface area contributed by atoms with E-state index >= 15 is 0 Å². The molecule has 18 heavy (non-hydrogen) atoms. The smallest absolute Gasteiger partial charge is 0.417 e. The summed E-state index contributed by atoms with van der Waals surface area (Å²) in [4.78, 5) is 13.4. The van der Waals surface area contributed by atoms with Gasteiger partial charge in [0.2, 0.25) is 5.72 Å². The van der Waals surface area contributed by atoms with Crippen molar-refractivity contribution in [2.45, 2.75) is 17.9 Å². The minimum atomic E-state index is -0.894. The lowest BCUT2D eigenvalue weighted by Crippen LogP contribution is -2.46. The summed E-state index contributed by atoms with van der Waals surface area (Å²) in [6.07, 6.45) is 1.93. The largest absolute Gasteiger partial charge is 0.444 e. The molecule has 0 radical (unpaired) electrons. The minimum Gasteiger partial charge on any atom is -0.444 e. The van der Waals surface area contributed by atoms with Crippen molar-refractivity contribution in [3.05, 3.63) is 42.0 Å². The van der Waals surface area contributed by atoms with Gasteiger partial charge in [-0.1, -0.05) is 24.3 Å². The van der Waals surface area contributed by atoms with Gasteiger partial charge in [-0.2, -0.15) is 0 Å². The first-order valence-corrected chi connectivity index (χ1v) is 5.82. The van der Waals surface area contributed by atoms with Gasteiger partial charge in [-0.15, -0.1) is 0 Å². The van der Waals surface area contributed by atoms with E-state index in [4.69, 9.17) is 9.47 Å². The number of aliphatic hydroxyl groups excluding tert-OH is 1. The van der Waals surface area contributed by atoms with Crippen LogP contribution in [-0.2, 0) is 9.47 Å². The molecule has 0 aliphatic carbocycles. The first kappa shape index (κ1) is 10.1. The fourth-order valence-electron chi connectivity index (χ4n) is 2.81. The Hall–Kier alpha value is -1.85. The van der Waals surface area contributed by atoms with Crippen LogP contribution in [0.3, 0.4) is 0 Å². The van der Waals surface area contributed by atoms with Crippen LogP contribution in [0.15, 0.2) is 36.4 Å². The number of cyclic esters (lactones) is 1. The van der Waals surface area contributed by atoms with Gasteiger partial charge in [0, 0.05) is 5.56 Å². The highest BCUT2D eigenvalue weighted by molar-refractivity contribution is 5.93. The van der Waals surface area contributed by atoms with Crippen molar-refractivity contribution in [1.82, 2.24) is 0 Å². The van der Waals surface area contributed by atoms with E-state index in [0.29, 0.717) is 11.3 Å². The molecule has 3 atom stereocenters. The number of hydrogen-bond acceptors (Lipinski definition) is 4. The van der Waals surface area contributed by atoms with E-state index in [9.17, 15) is 9.90 Å². The van der Waals surface area contributed by atoms with E-state index in [0.717, 1.165) is 0 Å². The Bertz CT molecular complexity index is 570. The van der Waals surface area contributed by atoms with Gasteiger partial charge < -0.3 is 14.6 Å². The quantitative estimate of drug-likeness (QED) is 0.701. The molecule has 1 N–H and O–H groups in total. The Morgan fingerprint density at radius 2 is 2.22 bits per heavy atom. The zero-order chi connectivity index (χ0) is 12.3. The van der Waals surface area contributed by atoms with E-state index in [2.05, 4.69) is 0 Å². The van der Waals surface area contributed by atoms with Crippen LogP contribution in [-0.4, -0.2) is 29.6 Å². The number of benzene rings is 1. The van der Waals surface area contributed by atoms with Crippen molar-refractivity contribution in [1.29, 1.82) is 0 Å². The molecule has 1 aromatic rings. The van der Waals surface area contributed by atoms with E-state index in [1.807, 2.05) is 12.1 Å². The number of carbonyl (C=O) groups excluding carboxylic acids is 1. The number of hydrogen-bond donors (Lipinski definition) is 1. The maximum atomic E-state index is 11.9. The molecule has 0 saturated carbocycles. The Kier molecular flexibility index (Phi) is 1.76. The van der Waals surface area contributed by atoms with Crippen molar-refractivity contribution in [3.8, 4) is 0 Å². The molecule has 92 valence electrons. The normalized spacial score (nSPS) is 36.1. The lowest BCUT2D eigenvalue weighted by atomic mass is 10.00. The molecule has 4 rings (SSSR count). The van der Waals surface area contributed by atoms with Crippen LogP contribution in [0.1, 0.15) is 11.7 Å². The van der Waals surface area contributed by atoms with Gasteiger partial charge in [0.25, 0.3) is 0 Å². The molecule has 5 heteroatoms. The van der Waals surface area contributed by atoms with Crippen LogP contribution in [0.25, 0.3) is 0 Å². The van der Waals surface area contributed by atoms with Crippen molar-refractivity contribution >= 4 is 11.8 Å². The average Bonchev–Trinajstić information content (AvgIpc) is 2.91. The maximum absolute atomic E-state index is 11.9. The summed E-state index contributed by atoms with van der Waals surface area (Å²) >= 11 is 0. The Labute approximate surface area is 103 Å². The van der Waals surface area contributed by atoms with E-state index in [-0.39, 0.29) is 6.61 Å². The highest BCUT2D eigenvalue weighted by Gasteiger charge is 2.55. The van der Waals surface area contributed by atoms with Gasteiger partial charge >= 0.3 is 6.09 Å².